The lowest BCUT2D eigenvalue weighted by Crippen LogP contribution is -2.29. The van der Waals surface area contributed by atoms with E-state index < -0.39 is 0 Å². The van der Waals surface area contributed by atoms with Crippen molar-refractivity contribution >= 4 is 16.8 Å². The van der Waals surface area contributed by atoms with Gasteiger partial charge in [0.15, 0.2) is 0 Å². The fourth-order valence-corrected chi connectivity index (χ4v) is 2.80. The van der Waals surface area contributed by atoms with Gasteiger partial charge >= 0.3 is 0 Å². The molecule has 1 aromatic carbocycles. The molecule has 0 unspecified atom stereocenters. The van der Waals surface area contributed by atoms with E-state index in [4.69, 9.17) is 0 Å². The number of rotatable bonds is 7. The maximum absolute atomic E-state index is 12.5. The van der Waals surface area contributed by atoms with Crippen molar-refractivity contribution in [3.63, 3.8) is 0 Å². The second-order valence-corrected chi connectivity index (χ2v) is 6.25. The second kappa shape index (κ2) is 6.53. The smallest absolute Gasteiger partial charge is 0.267 e. The summed E-state index contributed by atoms with van der Waals surface area (Å²) in [6.07, 6.45) is 3.51. The average molecular weight is 300 g/mol. The number of aliphatic hydroxyl groups excluding tert-OH is 1. The Morgan fingerprint density at radius 2 is 2.18 bits per heavy atom. The molecule has 22 heavy (non-hydrogen) atoms. The van der Waals surface area contributed by atoms with Crippen molar-refractivity contribution in [1.82, 2.24) is 9.88 Å². The summed E-state index contributed by atoms with van der Waals surface area (Å²) in [7, 11) is 0. The van der Waals surface area contributed by atoms with Crippen LogP contribution < -0.4 is 5.32 Å². The number of amides is 1. The Labute approximate surface area is 131 Å². The molecule has 0 bridgehead atoms. The molecule has 1 saturated carbocycles. The molecular formula is C18H24N2O2. The molecule has 4 nitrogen and oxygen atoms in total. The number of nitrogens with one attached hydrogen (secondary N) is 1. The number of fused-ring (bicyclic) bond motifs is 1. The quantitative estimate of drug-likeness (QED) is 0.826. The highest BCUT2D eigenvalue weighted by Crippen LogP contribution is 2.33. The van der Waals surface area contributed by atoms with Crippen LogP contribution >= 0.6 is 0 Å². The van der Waals surface area contributed by atoms with Gasteiger partial charge in [-0.1, -0.05) is 25.1 Å². The molecular weight excluding hydrogens is 276 g/mol. The van der Waals surface area contributed by atoms with Crippen LogP contribution in [-0.4, -0.2) is 28.2 Å². The second-order valence-electron chi connectivity index (χ2n) is 6.25. The topological polar surface area (TPSA) is 54.3 Å². The van der Waals surface area contributed by atoms with E-state index in [1.807, 2.05) is 25.1 Å². The molecule has 0 radical (unpaired) electrons. The third kappa shape index (κ3) is 3.33. The summed E-state index contributed by atoms with van der Waals surface area (Å²) in [6, 6.07) is 10.1. The van der Waals surface area contributed by atoms with E-state index in [1.165, 1.54) is 12.8 Å². The van der Waals surface area contributed by atoms with Gasteiger partial charge in [-0.3, -0.25) is 4.79 Å². The molecule has 1 amide bonds. The predicted molar refractivity (Wildman–Crippen MR) is 87.9 cm³/mol. The minimum atomic E-state index is -0.336. The van der Waals surface area contributed by atoms with Crippen molar-refractivity contribution in [3.8, 4) is 0 Å². The Morgan fingerprint density at radius 3 is 2.91 bits per heavy atom. The summed E-state index contributed by atoms with van der Waals surface area (Å²) in [6.45, 7) is 3.38. The SMILES string of the molecule is CC[C@@H](O)CCNC(=O)c1cc2ccccc2n1CC1CC1. The number of carbonyl (C=O) groups excluding carboxylic acids is 1. The van der Waals surface area contributed by atoms with Gasteiger partial charge in [0.1, 0.15) is 5.69 Å². The van der Waals surface area contributed by atoms with Gasteiger partial charge in [0.2, 0.25) is 0 Å². The lowest BCUT2D eigenvalue weighted by atomic mass is 10.2. The number of hydrogen-bond donors (Lipinski definition) is 2. The van der Waals surface area contributed by atoms with Crippen LogP contribution in [0.15, 0.2) is 30.3 Å². The molecule has 2 N–H and O–H groups in total. The van der Waals surface area contributed by atoms with Crippen molar-refractivity contribution in [2.75, 3.05) is 6.54 Å². The van der Waals surface area contributed by atoms with E-state index >= 15 is 0 Å². The zero-order valence-corrected chi connectivity index (χ0v) is 13.1. The van der Waals surface area contributed by atoms with Gasteiger partial charge in [-0.2, -0.15) is 0 Å². The zero-order chi connectivity index (χ0) is 15.5. The fourth-order valence-electron chi connectivity index (χ4n) is 2.80. The van der Waals surface area contributed by atoms with Crippen molar-refractivity contribution < 1.29 is 9.90 Å². The average Bonchev–Trinajstić information content (AvgIpc) is 3.27. The number of benzene rings is 1. The molecule has 118 valence electrons. The van der Waals surface area contributed by atoms with Crippen LogP contribution in [0.5, 0.6) is 0 Å². The summed E-state index contributed by atoms with van der Waals surface area (Å²) >= 11 is 0. The maximum atomic E-state index is 12.5. The molecule has 0 saturated heterocycles. The van der Waals surface area contributed by atoms with E-state index in [9.17, 15) is 9.90 Å². The minimum absolute atomic E-state index is 0.0415. The fraction of sp³-hybridized carbons (Fsp3) is 0.500. The van der Waals surface area contributed by atoms with E-state index in [2.05, 4.69) is 22.0 Å². The highest BCUT2D eigenvalue weighted by atomic mass is 16.3. The molecule has 4 heteroatoms. The van der Waals surface area contributed by atoms with Gasteiger partial charge < -0.3 is 15.0 Å². The Bertz CT molecular complexity index is 658. The number of nitrogens with zero attached hydrogens (tertiary/aromatic N) is 1. The summed E-state index contributed by atoms with van der Waals surface area (Å²) in [5.41, 5.74) is 1.87. The normalized spacial score (nSPS) is 15.9. The van der Waals surface area contributed by atoms with Gasteiger partial charge in [-0.15, -0.1) is 0 Å². The highest BCUT2D eigenvalue weighted by Gasteiger charge is 2.25. The number of aliphatic hydroxyl groups is 1. The van der Waals surface area contributed by atoms with Crippen LogP contribution in [0, 0.1) is 5.92 Å². The Morgan fingerprint density at radius 1 is 1.41 bits per heavy atom. The number of aromatic nitrogens is 1. The number of para-hydroxylation sites is 1. The molecule has 1 atom stereocenters. The lowest BCUT2D eigenvalue weighted by Gasteiger charge is -2.12. The van der Waals surface area contributed by atoms with Gasteiger partial charge in [-0.05, 0) is 43.7 Å². The molecule has 0 aliphatic heterocycles. The highest BCUT2D eigenvalue weighted by molar-refractivity contribution is 5.98. The first kappa shape index (κ1) is 15.1. The Hall–Kier alpha value is -1.81. The zero-order valence-electron chi connectivity index (χ0n) is 13.1. The van der Waals surface area contributed by atoms with Gasteiger partial charge in [-0.25, -0.2) is 0 Å². The van der Waals surface area contributed by atoms with E-state index in [1.54, 1.807) is 0 Å². The minimum Gasteiger partial charge on any atom is -0.393 e. The monoisotopic (exact) mass is 300 g/mol. The van der Waals surface area contributed by atoms with Crippen molar-refractivity contribution in [2.24, 2.45) is 5.92 Å². The first-order valence-electron chi connectivity index (χ1n) is 8.23. The summed E-state index contributed by atoms with van der Waals surface area (Å²) in [5, 5.41) is 13.6. The largest absolute Gasteiger partial charge is 0.393 e. The number of hydrogen-bond acceptors (Lipinski definition) is 2. The Balaban J connectivity index is 1.77. The maximum Gasteiger partial charge on any atom is 0.267 e. The molecule has 1 fully saturated rings. The summed E-state index contributed by atoms with van der Waals surface area (Å²) in [5.74, 6) is 0.671. The third-order valence-electron chi connectivity index (χ3n) is 4.42. The van der Waals surface area contributed by atoms with E-state index in [0.29, 0.717) is 18.9 Å². The molecule has 1 aliphatic rings. The summed E-state index contributed by atoms with van der Waals surface area (Å²) < 4.78 is 2.15. The molecule has 1 heterocycles. The number of carbonyl (C=O) groups is 1. The van der Waals surface area contributed by atoms with Gasteiger partial charge in [0.25, 0.3) is 5.91 Å². The standard InChI is InChI=1S/C18H24N2O2/c1-2-15(21)9-10-19-18(22)17-11-14-5-3-4-6-16(14)20(17)12-13-7-8-13/h3-6,11,13,15,21H,2,7-10,12H2,1H3,(H,19,22)/t15-/m1/s1. The third-order valence-corrected chi connectivity index (χ3v) is 4.42. The van der Waals surface area contributed by atoms with Crippen LogP contribution in [0.1, 0.15) is 43.1 Å². The van der Waals surface area contributed by atoms with Gasteiger partial charge in [0, 0.05) is 24.0 Å². The molecule has 3 rings (SSSR count). The summed E-state index contributed by atoms with van der Waals surface area (Å²) in [4.78, 5) is 12.5. The Kier molecular flexibility index (Phi) is 4.48. The lowest BCUT2D eigenvalue weighted by molar-refractivity contribution is 0.0933. The first-order chi connectivity index (χ1) is 10.7. The van der Waals surface area contributed by atoms with Crippen LogP contribution in [-0.2, 0) is 6.54 Å². The van der Waals surface area contributed by atoms with Crippen LogP contribution in [0.3, 0.4) is 0 Å². The molecule has 2 aromatic rings. The van der Waals surface area contributed by atoms with Crippen molar-refractivity contribution in [2.45, 2.75) is 45.3 Å². The van der Waals surface area contributed by atoms with Gasteiger partial charge in [0.05, 0.1) is 6.10 Å². The van der Waals surface area contributed by atoms with Crippen LogP contribution in [0.2, 0.25) is 0 Å². The molecule has 1 aromatic heterocycles. The van der Waals surface area contributed by atoms with Crippen molar-refractivity contribution in [3.05, 3.63) is 36.0 Å². The molecule has 0 spiro atoms. The van der Waals surface area contributed by atoms with E-state index in [-0.39, 0.29) is 12.0 Å². The van der Waals surface area contributed by atoms with E-state index in [0.717, 1.165) is 29.6 Å². The van der Waals surface area contributed by atoms with Crippen molar-refractivity contribution in [1.29, 1.82) is 0 Å². The van der Waals surface area contributed by atoms with Crippen LogP contribution in [0.4, 0.5) is 0 Å². The predicted octanol–water partition coefficient (Wildman–Crippen LogP) is 2.94. The first-order valence-corrected chi connectivity index (χ1v) is 8.23. The van der Waals surface area contributed by atoms with Crippen LogP contribution in [0.25, 0.3) is 10.9 Å². The molecule has 1 aliphatic carbocycles.